The number of hydrogen-bond acceptors (Lipinski definition) is 3. The minimum Gasteiger partial charge on any atom is -0.490 e. The number of ether oxygens (including phenoxy) is 1. The van der Waals surface area contributed by atoms with Crippen molar-refractivity contribution in [3.63, 3.8) is 0 Å². The molecule has 2 atom stereocenters. The van der Waals surface area contributed by atoms with E-state index in [1.54, 1.807) is 6.20 Å². The van der Waals surface area contributed by atoms with Crippen molar-refractivity contribution in [2.24, 2.45) is 5.92 Å². The second kappa shape index (κ2) is 7.18. The lowest BCUT2D eigenvalue weighted by atomic mass is 10.1. The van der Waals surface area contributed by atoms with Gasteiger partial charge in [0.25, 0.3) is 5.56 Å². The quantitative estimate of drug-likeness (QED) is 0.888. The first-order chi connectivity index (χ1) is 11.2. The van der Waals surface area contributed by atoms with Gasteiger partial charge in [0, 0.05) is 18.1 Å². The van der Waals surface area contributed by atoms with Crippen molar-refractivity contribution < 1.29 is 4.74 Å². The van der Waals surface area contributed by atoms with E-state index in [0.717, 1.165) is 29.9 Å². The highest BCUT2D eigenvalue weighted by Crippen LogP contribution is 2.30. The van der Waals surface area contributed by atoms with E-state index < -0.39 is 0 Å². The molecule has 1 aromatic carbocycles. The normalized spacial score (nSPS) is 21.2. The van der Waals surface area contributed by atoms with Crippen LogP contribution in [0.2, 0.25) is 0 Å². The third-order valence-electron chi connectivity index (χ3n) is 4.72. The summed E-state index contributed by atoms with van der Waals surface area (Å²) in [5.74, 6) is 1.61. The number of aromatic nitrogens is 1. The Kier molecular flexibility index (Phi) is 5.01. The van der Waals surface area contributed by atoms with Crippen molar-refractivity contribution >= 4 is 10.8 Å². The number of nitrogens with one attached hydrogen (secondary N) is 1. The lowest BCUT2D eigenvalue weighted by molar-refractivity contribution is 0.196. The lowest BCUT2D eigenvalue weighted by Gasteiger charge is -2.20. The summed E-state index contributed by atoms with van der Waals surface area (Å²) >= 11 is 0. The molecule has 1 aliphatic carbocycles. The highest BCUT2D eigenvalue weighted by Gasteiger charge is 2.26. The van der Waals surface area contributed by atoms with Crippen molar-refractivity contribution in [2.45, 2.75) is 38.7 Å². The number of hydrogen-bond donors (Lipinski definition) is 1. The molecule has 0 unspecified atom stereocenters. The van der Waals surface area contributed by atoms with Crippen LogP contribution in [0.5, 0.6) is 5.75 Å². The fourth-order valence-corrected chi connectivity index (χ4v) is 3.65. The summed E-state index contributed by atoms with van der Waals surface area (Å²) in [6.07, 6.45) is 6.68. The summed E-state index contributed by atoms with van der Waals surface area (Å²) in [5, 5.41) is 1.65. The topological polar surface area (TPSA) is 45.3 Å². The number of pyridine rings is 1. The number of fused-ring (bicyclic) bond motifs is 1. The highest BCUT2D eigenvalue weighted by molar-refractivity contribution is 5.82. The van der Waals surface area contributed by atoms with Gasteiger partial charge in [0.2, 0.25) is 0 Å². The van der Waals surface area contributed by atoms with Crippen LogP contribution in [0.15, 0.2) is 35.3 Å². The fraction of sp³-hybridized carbons (Fsp3) is 0.526. The minimum absolute atomic E-state index is 0.0473. The van der Waals surface area contributed by atoms with Crippen molar-refractivity contribution in [3.05, 3.63) is 40.8 Å². The molecule has 124 valence electrons. The van der Waals surface area contributed by atoms with E-state index in [-0.39, 0.29) is 5.56 Å². The molecule has 0 spiro atoms. The second-order valence-electron chi connectivity index (χ2n) is 6.74. The smallest absolute Gasteiger partial charge is 0.255 e. The lowest BCUT2D eigenvalue weighted by Crippen LogP contribution is -2.26. The molecule has 4 heteroatoms. The molecule has 2 aromatic rings. The summed E-state index contributed by atoms with van der Waals surface area (Å²) in [7, 11) is 2.21. The van der Waals surface area contributed by atoms with E-state index in [1.807, 2.05) is 24.3 Å². The Labute approximate surface area is 137 Å². The van der Waals surface area contributed by atoms with Crippen LogP contribution in [0.1, 0.15) is 32.6 Å². The van der Waals surface area contributed by atoms with Gasteiger partial charge in [0.1, 0.15) is 5.75 Å². The molecule has 0 bridgehead atoms. The molecular formula is C19H26N2O2. The Balaban J connectivity index is 1.61. The van der Waals surface area contributed by atoms with Gasteiger partial charge in [-0.05, 0) is 74.8 Å². The molecule has 3 rings (SSSR count). The van der Waals surface area contributed by atoms with Crippen LogP contribution < -0.4 is 10.3 Å². The van der Waals surface area contributed by atoms with Crippen molar-refractivity contribution in [3.8, 4) is 5.75 Å². The number of H-pyrrole nitrogens is 1. The predicted molar refractivity (Wildman–Crippen MR) is 94.1 cm³/mol. The van der Waals surface area contributed by atoms with Gasteiger partial charge < -0.3 is 14.6 Å². The summed E-state index contributed by atoms with van der Waals surface area (Å²) in [6, 6.07) is 7.65. The average Bonchev–Trinajstić information content (AvgIpc) is 2.94. The Bertz CT molecular complexity index is 710. The summed E-state index contributed by atoms with van der Waals surface area (Å²) in [5.41, 5.74) is -0.0473. The first-order valence-electron chi connectivity index (χ1n) is 8.62. The summed E-state index contributed by atoms with van der Waals surface area (Å²) in [4.78, 5) is 16.9. The van der Waals surface area contributed by atoms with Gasteiger partial charge in [-0.2, -0.15) is 0 Å². The first kappa shape index (κ1) is 16.1. The van der Waals surface area contributed by atoms with Crippen LogP contribution in [0.25, 0.3) is 10.8 Å². The van der Waals surface area contributed by atoms with Crippen molar-refractivity contribution in [1.29, 1.82) is 0 Å². The van der Waals surface area contributed by atoms with E-state index in [9.17, 15) is 4.79 Å². The van der Waals surface area contributed by atoms with Crippen LogP contribution in [-0.4, -0.2) is 36.1 Å². The van der Waals surface area contributed by atoms with Gasteiger partial charge in [-0.25, -0.2) is 0 Å². The van der Waals surface area contributed by atoms with Crippen LogP contribution in [0, 0.1) is 5.92 Å². The van der Waals surface area contributed by atoms with E-state index in [4.69, 9.17) is 4.74 Å². The zero-order valence-corrected chi connectivity index (χ0v) is 14.0. The number of benzene rings is 1. The Morgan fingerprint density at radius 1 is 1.30 bits per heavy atom. The maximum atomic E-state index is 11.7. The molecule has 1 aliphatic rings. The Morgan fingerprint density at radius 3 is 3.00 bits per heavy atom. The third kappa shape index (κ3) is 3.94. The fourth-order valence-electron chi connectivity index (χ4n) is 3.65. The minimum atomic E-state index is -0.0473. The Hall–Kier alpha value is -1.81. The third-order valence-corrected chi connectivity index (χ3v) is 4.72. The van der Waals surface area contributed by atoms with Gasteiger partial charge in [-0.3, -0.25) is 4.79 Å². The molecule has 1 heterocycles. The van der Waals surface area contributed by atoms with E-state index in [1.165, 1.54) is 25.9 Å². The maximum Gasteiger partial charge on any atom is 0.255 e. The van der Waals surface area contributed by atoms with E-state index in [2.05, 4.69) is 23.9 Å². The first-order valence-corrected chi connectivity index (χ1v) is 8.62. The zero-order chi connectivity index (χ0) is 16.2. The van der Waals surface area contributed by atoms with Gasteiger partial charge in [-0.15, -0.1) is 0 Å². The van der Waals surface area contributed by atoms with Crippen molar-refractivity contribution in [2.75, 3.05) is 20.1 Å². The molecule has 1 N–H and O–H groups in total. The van der Waals surface area contributed by atoms with Gasteiger partial charge in [0.15, 0.2) is 0 Å². The van der Waals surface area contributed by atoms with Crippen LogP contribution in [-0.2, 0) is 0 Å². The van der Waals surface area contributed by atoms with Crippen LogP contribution in [0.3, 0.4) is 0 Å². The molecule has 0 aliphatic heterocycles. The summed E-state index contributed by atoms with van der Waals surface area (Å²) < 4.78 is 6.16. The van der Waals surface area contributed by atoms with Gasteiger partial charge in [0.05, 0.1) is 6.10 Å². The molecule has 23 heavy (non-hydrogen) atoms. The van der Waals surface area contributed by atoms with E-state index >= 15 is 0 Å². The molecule has 0 amide bonds. The van der Waals surface area contributed by atoms with Crippen LogP contribution >= 0.6 is 0 Å². The van der Waals surface area contributed by atoms with Gasteiger partial charge >= 0.3 is 0 Å². The molecule has 1 aromatic heterocycles. The molecule has 0 saturated heterocycles. The van der Waals surface area contributed by atoms with Gasteiger partial charge in [-0.1, -0.05) is 6.92 Å². The highest BCUT2D eigenvalue weighted by atomic mass is 16.5. The Morgan fingerprint density at radius 2 is 2.17 bits per heavy atom. The number of rotatable bonds is 6. The second-order valence-corrected chi connectivity index (χ2v) is 6.74. The largest absolute Gasteiger partial charge is 0.490 e. The zero-order valence-electron chi connectivity index (χ0n) is 14.0. The molecule has 0 radical (unpaired) electrons. The predicted octanol–water partition coefficient (Wildman–Crippen LogP) is 3.42. The molecular weight excluding hydrogens is 288 g/mol. The van der Waals surface area contributed by atoms with Crippen molar-refractivity contribution in [1.82, 2.24) is 9.88 Å². The molecule has 1 fully saturated rings. The standard InChI is InChI=1S/C19H26N2O2/c1-3-10-21(2)13-14-4-5-16(11-14)23-17-6-7-18-15(12-17)8-9-20-19(18)22/h6-9,12,14,16H,3-5,10-11,13H2,1-2H3,(H,20,22)/t14-,16+/m0/s1. The average molecular weight is 314 g/mol. The van der Waals surface area contributed by atoms with E-state index in [0.29, 0.717) is 11.5 Å². The maximum absolute atomic E-state index is 11.7. The number of aromatic amines is 1. The van der Waals surface area contributed by atoms with Crippen LogP contribution in [0.4, 0.5) is 0 Å². The molecule has 4 nitrogen and oxygen atoms in total. The number of nitrogens with zero attached hydrogens (tertiary/aromatic N) is 1. The molecule has 1 saturated carbocycles. The summed E-state index contributed by atoms with van der Waals surface area (Å²) in [6.45, 7) is 4.56. The SMILES string of the molecule is CCCN(C)C[C@H]1CC[C@@H](Oc2ccc3c(=O)[nH]ccc3c2)C1. The monoisotopic (exact) mass is 314 g/mol.